The zero-order chi connectivity index (χ0) is 13.6. The van der Waals surface area contributed by atoms with Crippen LogP contribution in [-0.2, 0) is 11.3 Å². The van der Waals surface area contributed by atoms with E-state index in [-0.39, 0.29) is 12.4 Å². The van der Waals surface area contributed by atoms with Gasteiger partial charge in [-0.2, -0.15) is 0 Å². The maximum atomic E-state index is 13.6. The molecule has 0 amide bonds. The van der Waals surface area contributed by atoms with Gasteiger partial charge in [0.15, 0.2) is 0 Å². The maximum absolute atomic E-state index is 13.6. The second kappa shape index (κ2) is 7.04. The van der Waals surface area contributed by atoms with E-state index in [4.69, 9.17) is 21.4 Å². The molecule has 0 aliphatic rings. The van der Waals surface area contributed by atoms with E-state index >= 15 is 0 Å². The zero-order valence-corrected chi connectivity index (χ0v) is 11.4. The van der Waals surface area contributed by atoms with Crippen LogP contribution < -0.4 is 5.32 Å². The summed E-state index contributed by atoms with van der Waals surface area (Å²) in [6, 6.07) is 4.60. The van der Waals surface area contributed by atoms with E-state index in [1.54, 1.807) is 19.2 Å². The molecule has 1 aromatic carbocycles. The summed E-state index contributed by atoms with van der Waals surface area (Å²) in [6.07, 6.45) is 0.521. The van der Waals surface area contributed by atoms with E-state index in [2.05, 4.69) is 5.32 Å². The molecule has 0 aromatic heterocycles. The Kier molecular flexibility index (Phi) is 6.02. The van der Waals surface area contributed by atoms with Gasteiger partial charge in [-0.05, 0) is 25.5 Å². The smallest absolute Gasteiger partial charge is 0.129 e. The minimum absolute atomic E-state index is 0.0395. The van der Waals surface area contributed by atoms with Crippen molar-refractivity contribution in [3.05, 3.63) is 34.6 Å². The van der Waals surface area contributed by atoms with Crippen molar-refractivity contribution in [2.24, 2.45) is 0 Å². The third-order valence-electron chi connectivity index (χ3n) is 2.88. The first-order valence-electron chi connectivity index (χ1n) is 5.80. The van der Waals surface area contributed by atoms with Crippen molar-refractivity contribution >= 4 is 11.6 Å². The lowest BCUT2D eigenvalue weighted by molar-refractivity contribution is 0.0968. The molecule has 0 spiro atoms. The lowest BCUT2D eigenvalue weighted by atomic mass is 9.99. The highest BCUT2D eigenvalue weighted by Gasteiger charge is 2.23. The number of aliphatic hydroxyl groups is 1. The highest BCUT2D eigenvalue weighted by molar-refractivity contribution is 6.31. The van der Waals surface area contributed by atoms with Crippen molar-refractivity contribution in [1.82, 2.24) is 5.32 Å². The number of methoxy groups -OCH3 is 1. The fourth-order valence-corrected chi connectivity index (χ4v) is 2.01. The number of halogens is 2. The third-order valence-corrected chi connectivity index (χ3v) is 3.23. The summed E-state index contributed by atoms with van der Waals surface area (Å²) in [5, 5.41) is 12.6. The predicted octanol–water partition coefficient (Wildman–Crippen LogP) is 2.36. The molecule has 0 fully saturated rings. The molecule has 102 valence electrons. The topological polar surface area (TPSA) is 41.5 Å². The Hall–Kier alpha value is -0.680. The Balaban J connectivity index is 2.72. The second-order valence-corrected chi connectivity index (χ2v) is 4.93. The van der Waals surface area contributed by atoms with Crippen LogP contribution in [0.25, 0.3) is 0 Å². The molecule has 0 heterocycles. The molecular formula is C13H19ClFNO2. The SMILES string of the molecule is COCC(C)(CCO)NCc1c(F)cccc1Cl. The predicted molar refractivity (Wildman–Crippen MR) is 70.2 cm³/mol. The van der Waals surface area contributed by atoms with Crippen LogP contribution in [-0.4, -0.2) is 31.0 Å². The van der Waals surface area contributed by atoms with Gasteiger partial charge in [-0.15, -0.1) is 0 Å². The first kappa shape index (κ1) is 15.4. The van der Waals surface area contributed by atoms with Crippen LogP contribution in [0.3, 0.4) is 0 Å². The normalized spacial score (nSPS) is 14.5. The summed E-state index contributed by atoms with van der Waals surface area (Å²) in [4.78, 5) is 0. The maximum Gasteiger partial charge on any atom is 0.129 e. The molecule has 2 N–H and O–H groups in total. The number of hydrogen-bond donors (Lipinski definition) is 2. The number of rotatable bonds is 7. The van der Waals surface area contributed by atoms with Crippen LogP contribution in [0.1, 0.15) is 18.9 Å². The zero-order valence-electron chi connectivity index (χ0n) is 10.7. The first-order chi connectivity index (χ1) is 8.52. The summed E-state index contributed by atoms with van der Waals surface area (Å²) in [5.74, 6) is -0.334. The summed E-state index contributed by atoms with van der Waals surface area (Å²) in [5.41, 5.74) is 0.0224. The standard InChI is InChI=1S/C13H19ClFNO2/c1-13(6-7-17,9-18-2)16-8-10-11(14)4-3-5-12(10)15/h3-5,16-17H,6-9H2,1-2H3. The van der Waals surface area contributed by atoms with Crippen LogP contribution >= 0.6 is 11.6 Å². The molecular weight excluding hydrogens is 257 g/mol. The Bertz CT molecular complexity index is 361. The minimum Gasteiger partial charge on any atom is -0.396 e. The molecule has 0 radical (unpaired) electrons. The molecule has 1 aromatic rings. The molecule has 0 aliphatic carbocycles. The van der Waals surface area contributed by atoms with Crippen molar-refractivity contribution in [3.8, 4) is 0 Å². The van der Waals surface area contributed by atoms with Gasteiger partial charge in [0.1, 0.15) is 5.82 Å². The van der Waals surface area contributed by atoms with Crippen LogP contribution in [0, 0.1) is 5.82 Å². The van der Waals surface area contributed by atoms with E-state index in [0.717, 1.165) is 0 Å². The first-order valence-corrected chi connectivity index (χ1v) is 6.18. The van der Waals surface area contributed by atoms with Crippen molar-refractivity contribution in [3.63, 3.8) is 0 Å². The molecule has 1 rings (SSSR count). The Morgan fingerprint density at radius 3 is 2.78 bits per heavy atom. The Labute approximate surface area is 112 Å². The molecule has 3 nitrogen and oxygen atoms in total. The average molecular weight is 276 g/mol. The molecule has 1 unspecified atom stereocenters. The van der Waals surface area contributed by atoms with E-state index in [1.807, 2.05) is 6.92 Å². The third kappa shape index (κ3) is 4.21. The summed E-state index contributed by atoms with van der Waals surface area (Å²) >= 11 is 5.95. The van der Waals surface area contributed by atoms with Crippen molar-refractivity contribution in [2.45, 2.75) is 25.4 Å². The Morgan fingerprint density at radius 2 is 2.22 bits per heavy atom. The fourth-order valence-electron chi connectivity index (χ4n) is 1.78. The number of hydrogen-bond acceptors (Lipinski definition) is 3. The summed E-state index contributed by atoms with van der Waals surface area (Å²) in [6.45, 7) is 2.68. The van der Waals surface area contributed by atoms with E-state index in [0.29, 0.717) is 30.2 Å². The van der Waals surface area contributed by atoms with Gasteiger partial charge in [-0.3, -0.25) is 0 Å². The molecule has 1 atom stereocenters. The molecule has 0 saturated carbocycles. The van der Waals surface area contributed by atoms with E-state index in [9.17, 15) is 4.39 Å². The molecule has 0 aliphatic heterocycles. The van der Waals surface area contributed by atoms with Crippen molar-refractivity contribution in [1.29, 1.82) is 0 Å². The summed E-state index contributed by atoms with van der Waals surface area (Å²) in [7, 11) is 1.59. The van der Waals surface area contributed by atoms with Crippen LogP contribution in [0.4, 0.5) is 4.39 Å². The van der Waals surface area contributed by atoms with Gasteiger partial charge in [0.2, 0.25) is 0 Å². The van der Waals surface area contributed by atoms with Gasteiger partial charge >= 0.3 is 0 Å². The van der Waals surface area contributed by atoms with Crippen LogP contribution in [0.5, 0.6) is 0 Å². The van der Waals surface area contributed by atoms with Crippen molar-refractivity contribution < 1.29 is 14.2 Å². The van der Waals surface area contributed by atoms with Gasteiger partial charge in [0.25, 0.3) is 0 Å². The molecule has 0 bridgehead atoms. The van der Waals surface area contributed by atoms with Gasteiger partial charge < -0.3 is 15.2 Å². The van der Waals surface area contributed by atoms with Gasteiger partial charge in [-0.25, -0.2) is 4.39 Å². The summed E-state index contributed by atoms with van der Waals surface area (Å²) < 4.78 is 18.7. The molecule has 18 heavy (non-hydrogen) atoms. The highest BCUT2D eigenvalue weighted by Crippen LogP contribution is 2.20. The van der Waals surface area contributed by atoms with Crippen LogP contribution in [0.2, 0.25) is 5.02 Å². The largest absolute Gasteiger partial charge is 0.396 e. The fraction of sp³-hybridized carbons (Fsp3) is 0.538. The Morgan fingerprint density at radius 1 is 1.50 bits per heavy atom. The lowest BCUT2D eigenvalue weighted by Crippen LogP contribution is -2.46. The molecule has 5 heteroatoms. The number of ether oxygens (including phenoxy) is 1. The number of benzene rings is 1. The second-order valence-electron chi connectivity index (χ2n) is 4.52. The number of aliphatic hydroxyl groups excluding tert-OH is 1. The average Bonchev–Trinajstić information content (AvgIpc) is 2.29. The molecule has 0 saturated heterocycles. The van der Waals surface area contributed by atoms with Gasteiger partial charge in [-0.1, -0.05) is 17.7 Å². The monoisotopic (exact) mass is 275 g/mol. The van der Waals surface area contributed by atoms with E-state index in [1.165, 1.54) is 6.07 Å². The van der Waals surface area contributed by atoms with Crippen molar-refractivity contribution in [2.75, 3.05) is 20.3 Å². The highest BCUT2D eigenvalue weighted by atomic mass is 35.5. The number of nitrogens with one attached hydrogen (secondary N) is 1. The van der Waals surface area contributed by atoms with Gasteiger partial charge in [0.05, 0.1) is 6.61 Å². The van der Waals surface area contributed by atoms with Crippen LogP contribution in [0.15, 0.2) is 18.2 Å². The van der Waals surface area contributed by atoms with E-state index < -0.39 is 5.54 Å². The quantitative estimate of drug-likeness (QED) is 0.803. The lowest BCUT2D eigenvalue weighted by Gasteiger charge is -2.30. The van der Waals surface area contributed by atoms with Gasteiger partial charge in [0, 0.05) is 36.4 Å². The minimum atomic E-state index is -0.408.